The van der Waals surface area contributed by atoms with Crippen LogP contribution in [0.4, 0.5) is 18.9 Å². The lowest BCUT2D eigenvalue weighted by molar-refractivity contribution is -0.196. The van der Waals surface area contributed by atoms with E-state index in [2.05, 4.69) is 10.1 Å². The first-order valence-corrected chi connectivity index (χ1v) is 5.80. The highest BCUT2D eigenvalue weighted by Gasteiger charge is 2.58. The SMILES string of the molecule is CCOC(=O)C(C)(Nc1ccccc1C)C(F)(F)F. The topological polar surface area (TPSA) is 38.3 Å². The molecule has 0 saturated heterocycles. The summed E-state index contributed by atoms with van der Waals surface area (Å²) in [6.07, 6.45) is -4.76. The minimum Gasteiger partial charge on any atom is -0.464 e. The lowest BCUT2D eigenvalue weighted by Gasteiger charge is -2.32. The summed E-state index contributed by atoms with van der Waals surface area (Å²) in [4.78, 5) is 11.6. The third-order valence-corrected chi connectivity index (χ3v) is 2.78. The normalized spacial score (nSPS) is 14.6. The van der Waals surface area contributed by atoms with Crippen LogP contribution in [0, 0.1) is 6.92 Å². The number of nitrogens with one attached hydrogen (secondary N) is 1. The molecule has 0 amide bonds. The summed E-state index contributed by atoms with van der Waals surface area (Å²) in [5.41, 5.74) is -1.91. The van der Waals surface area contributed by atoms with Crippen LogP contribution in [0.5, 0.6) is 0 Å². The number of carbonyl (C=O) groups excluding carboxylic acids is 1. The Morgan fingerprint density at radius 1 is 1.32 bits per heavy atom. The van der Waals surface area contributed by atoms with Gasteiger partial charge in [0.1, 0.15) is 0 Å². The summed E-state index contributed by atoms with van der Waals surface area (Å²) < 4.78 is 43.9. The second-order valence-corrected chi connectivity index (χ2v) is 4.28. The summed E-state index contributed by atoms with van der Waals surface area (Å²) >= 11 is 0. The molecule has 0 spiro atoms. The number of anilines is 1. The molecule has 1 rings (SSSR count). The minimum atomic E-state index is -4.76. The Morgan fingerprint density at radius 3 is 2.37 bits per heavy atom. The zero-order valence-electron chi connectivity index (χ0n) is 11.0. The van der Waals surface area contributed by atoms with Crippen LogP contribution in [0.15, 0.2) is 24.3 Å². The molecule has 0 fully saturated rings. The fourth-order valence-electron chi connectivity index (χ4n) is 1.50. The first-order chi connectivity index (χ1) is 8.72. The second-order valence-electron chi connectivity index (χ2n) is 4.28. The summed E-state index contributed by atoms with van der Waals surface area (Å²) in [5.74, 6) is -1.34. The number of hydrogen-bond acceptors (Lipinski definition) is 3. The Labute approximate surface area is 109 Å². The van der Waals surface area contributed by atoms with Gasteiger partial charge in [-0.05, 0) is 32.4 Å². The Hall–Kier alpha value is -1.72. The lowest BCUT2D eigenvalue weighted by atomic mass is 10.0. The van der Waals surface area contributed by atoms with Crippen LogP contribution >= 0.6 is 0 Å². The lowest BCUT2D eigenvalue weighted by Crippen LogP contribution is -2.56. The zero-order chi connectivity index (χ0) is 14.7. The van der Waals surface area contributed by atoms with Crippen LogP contribution in [0.2, 0.25) is 0 Å². The summed E-state index contributed by atoms with van der Waals surface area (Å²) in [7, 11) is 0. The van der Waals surface area contributed by atoms with Gasteiger partial charge in [0.15, 0.2) is 0 Å². The standard InChI is InChI=1S/C13H16F3NO2/c1-4-19-11(18)12(3,13(14,15)16)17-10-8-6-5-7-9(10)2/h5-8,17H,4H2,1-3H3. The molecular formula is C13H16F3NO2. The van der Waals surface area contributed by atoms with Gasteiger partial charge < -0.3 is 10.1 Å². The molecule has 6 heteroatoms. The van der Waals surface area contributed by atoms with Crippen LogP contribution in [0.1, 0.15) is 19.4 Å². The molecule has 0 aliphatic heterocycles. The monoisotopic (exact) mass is 275 g/mol. The number of alkyl halides is 3. The van der Waals surface area contributed by atoms with Crippen molar-refractivity contribution < 1.29 is 22.7 Å². The van der Waals surface area contributed by atoms with Crippen molar-refractivity contribution in [3.05, 3.63) is 29.8 Å². The van der Waals surface area contributed by atoms with Crippen molar-refractivity contribution in [3.8, 4) is 0 Å². The quantitative estimate of drug-likeness (QED) is 0.857. The molecule has 106 valence electrons. The maximum Gasteiger partial charge on any atom is 0.422 e. The van der Waals surface area contributed by atoms with Crippen molar-refractivity contribution in [2.45, 2.75) is 32.5 Å². The Kier molecular flexibility index (Phi) is 4.44. The maximum atomic E-state index is 13.1. The fraction of sp³-hybridized carbons (Fsp3) is 0.462. The van der Waals surface area contributed by atoms with E-state index in [1.54, 1.807) is 25.1 Å². The second kappa shape index (κ2) is 5.50. The highest BCUT2D eigenvalue weighted by atomic mass is 19.4. The van der Waals surface area contributed by atoms with Crippen LogP contribution in [-0.2, 0) is 9.53 Å². The molecule has 3 nitrogen and oxygen atoms in total. The molecule has 0 radical (unpaired) electrons. The van der Waals surface area contributed by atoms with E-state index in [1.165, 1.54) is 13.0 Å². The van der Waals surface area contributed by atoms with E-state index in [9.17, 15) is 18.0 Å². The van der Waals surface area contributed by atoms with Gasteiger partial charge in [-0.3, -0.25) is 0 Å². The third kappa shape index (κ3) is 3.19. The molecular weight excluding hydrogens is 259 g/mol. The maximum absolute atomic E-state index is 13.1. The number of halogens is 3. The van der Waals surface area contributed by atoms with Gasteiger partial charge in [0.05, 0.1) is 6.61 Å². The number of esters is 1. The van der Waals surface area contributed by atoms with Crippen molar-refractivity contribution in [2.24, 2.45) is 0 Å². The van der Waals surface area contributed by atoms with Crippen LogP contribution in [0.3, 0.4) is 0 Å². The number of aryl methyl sites for hydroxylation is 1. The van der Waals surface area contributed by atoms with Crippen molar-refractivity contribution in [1.29, 1.82) is 0 Å². The van der Waals surface area contributed by atoms with Crippen molar-refractivity contribution in [3.63, 3.8) is 0 Å². The molecule has 1 N–H and O–H groups in total. The first kappa shape index (κ1) is 15.3. The van der Waals surface area contributed by atoms with E-state index < -0.39 is 17.7 Å². The molecule has 1 unspecified atom stereocenters. The number of hydrogen-bond donors (Lipinski definition) is 1. The first-order valence-electron chi connectivity index (χ1n) is 5.80. The molecule has 19 heavy (non-hydrogen) atoms. The van der Waals surface area contributed by atoms with Crippen LogP contribution in [-0.4, -0.2) is 24.3 Å². The average molecular weight is 275 g/mol. The molecule has 0 aliphatic carbocycles. The van der Waals surface area contributed by atoms with Gasteiger partial charge in [-0.2, -0.15) is 13.2 Å². The Bertz CT molecular complexity index is 459. The van der Waals surface area contributed by atoms with Gasteiger partial charge in [0, 0.05) is 5.69 Å². The van der Waals surface area contributed by atoms with E-state index in [0.717, 1.165) is 6.92 Å². The van der Waals surface area contributed by atoms with Gasteiger partial charge in [0.2, 0.25) is 5.54 Å². The average Bonchev–Trinajstić information content (AvgIpc) is 2.30. The molecule has 0 bridgehead atoms. The molecule has 1 aromatic carbocycles. The number of ether oxygens (including phenoxy) is 1. The smallest absolute Gasteiger partial charge is 0.422 e. The highest BCUT2D eigenvalue weighted by Crippen LogP contribution is 2.35. The molecule has 1 atom stereocenters. The summed E-state index contributed by atoms with van der Waals surface area (Å²) in [6.45, 7) is 3.78. The fourth-order valence-corrected chi connectivity index (χ4v) is 1.50. The molecule has 0 aromatic heterocycles. The van der Waals surface area contributed by atoms with Gasteiger partial charge in [-0.25, -0.2) is 4.79 Å². The number of carbonyl (C=O) groups is 1. The van der Waals surface area contributed by atoms with E-state index in [-0.39, 0.29) is 12.3 Å². The van der Waals surface area contributed by atoms with Crippen LogP contribution in [0.25, 0.3) is 0 Å². The van der Waals surface area contributed by atoms with Crippen molar-refractivity contribution in [2.75, 3.05) is 11.9 Å². The van der Waals surface area contributed by atoms with Gasteiger partial charge >= 0.3 is 12.1 Å². The van der Waals surface area contributed by atoms with Gasteiger partial charge in [-0.15, -0.1) is 0 Å². The summed E-state index contributed by atoms with van der Waals surface area (Å²) in [5, 5.41) is 2.25. The predicted octanol–water partition coefficient (Wildman–Crippen LogP) is 3.29. The molecule has 0 aliphatic rings. The predicted molar refractivity (Wildman–Crippen MR) is 65.9 cm³/mol. The van der Waals surface area contributed by atoms with Gasteiger partial charge in [-0.1, -0.05) is 18.2 Å². The van der Waals surface area contributed by atoms with E-state index in [1.807, 2.05) is 0 Å². The number of para-hydroxylation sites is 1. The zero-order valence-corrected chi connectivity index (χ0v) is 11.0. The third-order valence-electron chi connectivity index (χ3n) is 2.78. The molecule has 1 aromatic rings. The summed E-state index contributed by atoms with van der Waals surface area (Å²) in [6, 6.07) is 6.44. The molecule has 0 heterocycles. The Morgan fingerprint density at radius 2 is 1.89 bits per heavy atom. The van der Waals surface area contributed by atoms with E-state index in [0.29, 0.717) is 5.56 Å². The Balaban J connectivity index is 3.13. The van der Waals surface area contributed by atoms with Gasteiger partial charge in [0.25, 0.3) is 0 Å². The van der Waals surface area contributed by atoms with E-state index >= 15 is 0 Å². The number of benzene rings is 1. The minimum absolute atomic E-state index is 0.111. The largest absolute Gasteiger partial charge is 0.464 e. The highest BCUT2D eigenvalue weighted by molar-refractivity contribution is 5.85. The van der Waals surface area contributed by atoms with Crippen molar-refractivity contribution in [1.82, 2.24) is 0 Å². The van der Waals surface area contributed by atoms with E-state index in [4.69, 9.17) is 0 Å². The van der Waals surface area contributed by atoms with Crippen LogP contribution < -0.4 is 5.32 Å². The number of rotatable bonds is 4. The molecule has 0 saturated carbocycles. The van der Waals surface area contributed by atoms with Crippen molar-refractivity contribution >= 4 is 11.7 Å².